The second kappa shape index (κ2) is 7.66. The number of hydrogen-bond donors (Lipinski definition) is 3. The van der Waals surface area contributed by atoms with E-state index in [2.05, 4.69) is 5.32 Å². The van der Waals surface area contributed by atoms with E-state index in [1.165, 1.54) is 6.07 Å². The highest BCUT2D eigenvalue weighted by Crippen LogP contribution is 2.52. The van der Waals surface area contributed by atoms with E-state index < -0.39 is 23.1 Å². The molecule has 1 aliphatic carbocycles. The number of alkyl carbamates (subject to hydrolysis) is 1. The van der Waals surface area contributed by atoms with Gasteiger partial charge < -0.3 is 25.6 Å². The summed E-state index contributed by atoms with van der Waals surface area (Å²) < 4.78 is 10.9. The lowest BCUT2D eigenvalue weighted by molar-refractivity contribution is -0.121. The van der Waals surface area contributed by atoms with Crippen LogP contribution in [0.2, 0.25) is 0 Å². The van der Waals surface area contributed by atoms with E-state index >= 15 is 0 Å². The maximum Gasteiger partial charge on any atom is 0.408 e. The SMILES string of the molecule is CC(C)(C)OC(=O)NC1(C(N)=O)CC1c1ccc(OCc2ccccc2)c(O)c1. The second-order valence-corrected chi connectivity index (χ2v) is 8.22. The predicted molar refractivity (Wildman–Crippen MR) is 108 cm³/mol. The zero-order valence-electron chi connectivity index (χ0n) is 16.8. The number of phenolic OH excluding ortho intramolecular Hbond substituents is 1. The van der Waals surface area contributed by atoms with Crippen molar-refractivity contribution in [2.45, 2.75) is 50.9 Å². The molecule has 4 N–H and O–H groups in total. The molecule has 0 heterocycles. The summed E-state index contributed by atoms with van der Waals surface area (Å²) in [5.74, 6) is -0.692. The van der Waals surface area contributed by atoms with E-state index in [1.54, 1.807) is 32.9 Å². The third-order valence-corrected chi connectivity index (χ3v) is 4.75. The number of primary amides is 1. The van der Waals surface area contributed by atoms with Gasteiger partial charge in [0.1, 0.15) is 17.7 Å². The van der Waals surface area contributed by atoms with Crippen molar-refractivity contribution in [2.75, 3.05) is 0 Å². The quantitative estimate of drug-likeness (QED) is 0.692. The smallest absolute Gasteiger partial charge is 0.408 e. The molecule has 0 radical (unpaired) electrons. The Morgan fingerprint density at radius 1 is 1.21 bits per heavy atom. The maximum atomic E-state index is 12.1. The number of carbonyl (C=O) groups is 2. The van der Waals surface area contributed by atoms with Crippen LogP contribution in [0.25, 0.3) is 0 Å². The highest BCUT2D eigenvalue weighted by Gasteiger charge is 2.61. The molecule has 2 aromatic carbocycles. The normalized spacial score (nSPS) is 20.6. The summed E-state index contributed by atoms with van der Waals surface area (Å²) in [4.78, 5) is 24.2. The van der Waals surface area contributed by atoms with Gasteiger partial charge in [0.2, 0.25) is 5.91 Å². The van der Waals surface area contributed by atoms with Crippen LogP contribution in [0.3, 0.4) is 0 Å². The number of ether oxygens (including phenoxy) is 2. The number of benzene rings is 2. The maximum absolute atomic E-state index is 12.1. The Morgan fingerprint density at radius 3 is 2.48 bits per heavy atom. The van der Waals surface area contributed by atoms with Crippen molar-refractivity contribution >= 4 is 12.0 Å². The van der Waals surface area contributed by atoms with Gasteiger partial charge in [0.15, 0.2) is 11.5 Å². The number of rotatable bonds is 6. The van der Waals surface area contributed by atoms with Gasteiger partial charge in [-0.2, -0.15) is 0 Å². The van der Waals surface area contributed by atoms with Crippen LogP contribution in [-0.4, -0.2) is 28.2 Å². The van der Waals surface area contributed by atoms with Crippen molar-refractivity contribution in [1.82, 2.24) is 5.32 Å². The number of nitrogens with two attached hydrogens (primary N) is 1. The number of phenols is 1. The fraction of sp³-hybridized carbons (Fsp3) is 0.364. The molecule has 0 spiro atoms. The Bertz CT molecular complexity index is 907. The average molecular weight is 398 g/mol. The second-order valence-electron chi connectivity index (χ2n) is 8.22. The van der Waals surface area contributed by atoms with Crippen LogP contribution in [0.1, 0.15) is 44.2 Å². The van der Waals surface area contributed by atoms with Crippen molar-refractivity contribution in [1.29, 1.82) is 0 Å². The summed E-state index contributed by atoms with van der Waals surface area (Å²) in [5.41, 5.74) is 5.31. The van der Waals surface area contributed by atoms with Gasteiger partial charge in [-0.05, 0) is 50.5 Å². The Labute approximate surface area is 169 Å². The zero-order valence-corrected chi connectivity index (χ0v) is 16.8. The molecule has 1 aliphatic rings. The van der Waals surface area contributed by atoms with Crippen LogP contribution < -0.4 is 15.8 Å². The van der Waals surface area contributed by atoms with Gasteiger partial charge in [-0.15, -0.1) is 0 Å². The van der Waals surface area contributed by atoms with E-state index in [0.29, 0.717) is 24.3 Å². The van der Waals surface area contributed by atoms with E-state index in [1.807, 2.05) is 30.3 Å². The first-order valence-corrected chi connectivity index (χ1v) is 9.41. The third-order valence-electron chi connectivity index (χ3n) is 4.75. The minimum Gasteiger partial charge on any atom is -0.504 e. The first-order valence-electron chi connectivity index (χ1n) is 9.41. The van der Waals surface area contributed by atoms with E-state index in [9.17, 15) is 14.7 Å². The summed E-state index contributed by atoms with van der Waals surface area (Å²) in [6.45, 7) is 5.53. The van der Waals surface area contributed by atoms with Crippen molar-refractivity contribution in [3.05, 3.63) is 59.7 Å². The van der Waals surface area contributed by atoms with Gasteiger partial charge in [0.25, 0.3) is 0 Å². The molecular formula is C22H26N2O5. The molecule has 2 atom stereocenters. The van der Waals surface area contributed by atoms with E-state index in [0.717, 1.165) is 5.56 Å². The molecule has 0 bridgehead atoms. The first kappa shape index (κ1) is 20.5. The molecule has 154 valence electrons. The minimum absolute atomic E-state index is 0.0408. The molecule has 2 amide bonds. The summed E-state index contributed by atoms with van der Waals surface area (Å²) in [6.07, 6.45) is -0.364. The van der Waals surface area contributed by atoms with Crippen LogP contribution >= 0.6 is 0 Å². The largest absolute Gasteiger partial charge is 0.504 e. The van der Waals surface area contributed by atoms with Crippen molar-refractivity contribution in [3.8, 4) is 11.5 Å². The number of amides is 2. The Balaban J connectivity index is 1.69. The van der Waals surface area contributed by atoms with Crippen LogP contribution in [0.15, 0.2) is 48.5 Å². The summed E-state index contributed by atoms with van der Waals surface area (Å²) in [6, 6.07) is 14.5. The fourth-order valence-corrected chi connectivity index (χ4v) is 3.23. The van der Waals surface area contributed by atoms with Crippen LogP contribution in [0.4, 0.5) is 4.79 Å². The van der Waals surface area contributed by atoms with Crippen LogP contribution in [-0.2, 0) is 16.1 Å². The fourth-order valence-electron chi connectivity index (χ4n) is 3.23. The highest BCUT2D eigenvalue weighted by molar-refractivity contribution is 5.94. The summed E-state index contributed by atoms with van der Waals surface area (Å²) in [7, 11) is 0. The van der Waals surface area contributed by atoms with E-state index in [4.69, 9.17) is 15.2 Å². The molecule has 0 saturated heterocycles. The Hall–Kier alpha value is -3.22. The van der Waals surface area contributed by atoms with Gasteiger partial charge in [-0.25, -0.2) is 4.79 Å². The lowest BCUT2D eigenvalue weighted by Gasteiger charge is -2.23. The molecular weight excluding hydrogens is 372 g/mol. The lowest BCUT2D eigenvalue weighted by atomic mass is 10.0. The molecule has 2 aromatic rings. The molecule has 0 aromatic heterocycles. The number of hydrogen-bond acceptors (Lipinski definition) is 5. The summed E-state index contributed by atoms with van der Waals surface area (Å²) >= 11 is 0. The molecule has 1 saturated carbocycles. The summed E-state index contributed by atoms with van der Waals surface area (Å²) in [5, 5.41) is 12.9. The van der Waals surface area contributed by atoms with Crippen molar-refractivity contribution in [2.24, 2.45) is 5.73 Å². The zero-order chi connectivity index (χ0) is 21.2. The Kier molecular flexibility index (Phi) is 5.42. The van der Waals surface area contributed by atoms with Gasteiger partial charge in [0.05, 0.1) is 0 Å². The lowest BCUT2D eigenvalue weighted by Crippen LogP contribution is -2.49. The van der Waals surface area contributed by atoms with Gasteiger partial charge in [0, 0.05) is 5.92 Å². The molecule has 3 rings (SSSR count). The standard InChI is InChI=1S/C22H26N2O5/c1-21(2,3)29-20(27)24-22(19(23)26)12-16(22)15-9-10-18(17(25)11-15)28-13-14-7-5-4-6-8-14/h4-11,16,25H,12-13H2,1-3H3,(H2,23,26)(H,24,27). The van der Waals surface area contributed by atoms with E-state index in [-0.39, 0.29) is 11.7 Å². The molecule has 0 aliphatic heterocycles. The minimum atomic E-state index is -1.22. The monoisotopic (exact) mass is 398 g/mol. The van der Waals surface area contributed by atoms with Gasteiger partial charge in [-0.3, -0.25) is 4.79 Å². The Morgan fingerprint density at radius 2 is 1.90 bits per heavy atom. The molecule has 2 unspecified atom stereocenters. The third kappa shape index (κ3) is 4.80. The average Bonchev–Trinajstić information content (AvgIpc) is 3.35. The van der Waals surface area contributed by atoms with Gasteiger partial charge in [-0.1, -0.05) is 36.4 Å². The molecule has 7 heteroatoms. The molecule has 7 nitrogen and oxygen atoms in total. The molecule has 1 fully saturated rings. The first-order chi connectivity index (χ1) is 13.6. The number of aromatic hydroxyl groups is 1. The highest BCUT2D eigenvalue weighted by atomic mass is 16.6. The van der Waals surface area contributed by atoms with Crippen LogP contribution in [0.5, 0.6) is 11.5 Å². The van der Waals surface area contributed by atoms with Crippen molar-refractivity contribution in [3.63, 3.8) is 0 Å². The topological polar surface area (TPSA) is 111 Å². The number of nitrogens with one attached hydrogen (secondary N) is 1. The predicted octanol–water partition coefficient (Wildman–Crippen LogP) is 3.21. The van der Waals surface area contributed by atoms with Gasteiger partial charge >= 0.3 is 6.09 Å². The number of carbonyl (C=O) groups excluding carboxylic acids is 2. The molecule has 29 heavy (non-hydrogen) atoms. The van der Waals surface area contributed by atoms with Crippen LogP contribution in [0, 0.1) is 0 Å². The van der Waals surface area contributed by atoms with Crippen molar-refractivity contribution < 1.29 is 24.2 Å².